The fourth-order valence-corrected chi connectivity index (χ4v) is 3.76. The zero-order valence-corrected chi connectivity index (χ0v) is 15.5. The summed E-state index contributed by atoms with van der Waals surface area (Å²) in [6, 6.07) is 14.9. The van der Waals surface area contributed by atoms with E-state index in [1.165, 1.54) is 12.1 Å². The Morgan fingerprint density at radius 3 is 2.26 bits per heavy atom. The van der Waals surface area contributed by atoms with Gasteiger partial charge in [-0.1, -0.05) is 18.2 Å². The Bertz CT molecular complexity index is 760. The van der Waals surface area contributed by atoms with Crippen LogP contribution < -0.4 is 4.31 Å². The van der Waals surface area contributed by atoms with Gasteiger partial charge < -0.3 is 4.74 Å². The van der Waals surface area contributed by atoms with E-state index < -0.39 is 16.0 Å². The molecule has 0 bridgehead atoms. The third-order valence-corrected chi connectivity index (χ3v) is 5.53. The number of rotatable bonds is 6. The zero-order valence-electron chi connectivity index (χ0n) is 12.5. The Hall–Kier alpha value is -1.61. The van der Waals surface area contributed by atoms with Crippen molar-refractivity contribution >= 4 is 44.3 Å². The second-order valence-electron chi connectivity index (χ2n) is 4.61. The molecule has 122 valence electrons. The summed E-state index contributed by atoms with van der Waals surface area (Å²) in [6.07, 6.45) is 0. The number of ether oxygens (including phenoxy) is 1. The quantitative estimate of drug-likeness (QED) is 0.507. The number of anilines is 1. The molecule has 0 saturated carbocycles. The summed E-state index contributed by atoms with van der Waals surface area (Å²) < 4.78 is 32.7. The predicted octanol–water partition coefficient (Wildman–Crippen LogP) is 3.05. The van der Waals surface area contributed by atoms with Gasteiger partial charge in [0.2, 0.25) is 0 Å². The molecule has 0 amide bonds. The number of carbonyl (C=O) groups excluding carboxylic acids is 1. The molecule has 0 heterocycles. The monoisotopic (exact) mass is 445 g/mol. The number of hydrogen-bond donors (Lipinski definition) is 0. The minimum absolute atomic E-state index is 0.128. The van der Waals surface area contributed by atoms with Crippen LogP contribution in [-0.2, 0) is 19.6 Å². The first kappa shape index (κ1) is 17.7. The minimum atomic E-state index is -3.85. The summed E-state index contributed by atoms with van der Waals surface area (Å²) in [4.78, 5) is 12.0. The van der Waals surface area contributed by atoms with Crippen LogP contribution in [0.1, 0.15) is 6.92 Å². The lowest BCUT2D eigenvalue weighted by atomic mass is 10.3. The molecular weight excluding hydrogens is 429 g/mol. The summed E-state index contributed by atoms with van der Waals surface area (Å²) in [5.74, 6) is -0.592. The molecule has 7 heteroatoms. The van der Waals surface area contributed by atoms with Crippen molar-refractivity contribution in [2.45, 2.75) is 11.8 Å². The van der Waals surface area contributed by atoms with Gasteiger partial charge in [-0.3, -0.25) is 9.10 Å². The van der Waals surface area contributed by atoms with Gasteiger partial charge in [0.05, 0.1) is 17.2 Å². The number of nitrogens with zero attached hydrogens (tertiary/aromatic N) is 1. The summed E-state index contributed by atoms with van der Waals surface area (Å²) in [5, 5.41) is 0. The predicted molar refractivity (Wildman–Crippen MR) is 96.8 cm³/mol. The molecule has 0 spiro atoms. The standard InChI is InChI=1S/C16H16INO4S/c1-2-22-16(19)12-18(14-10-8-13(17)9-11-14)23(20,21)15-6-4-3-5-7-15/h3-11H,2,12H2,1H3. The van der Waals surface area contributed by atoms with Crippen molar-refractivity contribution in [3.05, 3.63) is 58.2 Å². The fraction of sp³-hybridized carbons (Fsp3) is 0.188. The number of halogens is 1. The normalized spacial score (nSPS) is 11.0. The van der Waals surface area contributed by atoms with E-state index in [1.54, 1.807) is 49.4 Å². The highest BCUT2D eigenvalue weighted by atomic mass is 127. The van der Waals surface area contributed by atoms with E-state index in [2.05, 4.69) is 22.6 Å². The molecule has 0 saturated heterocycles. The average Bonchev–Trinajstić information content (AvgIpc) is 2.55. The van der Waals surface area contributed by atoms with E-state index in [-0.39, 0.29) is 18.0 Å². The van der Waals surface area contributed by atoms with Crippen LogP contribution in [0.4, 0.5) is 5.69 Å². The van der Waals surface area contributed by atoms with Crippen molar-refractivity contribution in [1.82, 2.24) is 0 Å². The van der Waals surface area contributed by atoms with Gasteiger partial charge in [0.15, 0.2) is 0 Å². The van der Waals surface area contributed by atoms with Crippen molar-refractivity contribution < 1.29 is 17.9 Å². The summed E-state index contributed by atoms with van der Waals surface area (Å²) in [5.41, 5.74) is 0.419. The Labute approximate surface area is 149 Å². The molecule has 2 rings (SSSR count). The van der Waals surface area contributed by atoms with Crippen molar-refractivity contribution in [3.63, 3.8) is 0 Å². The Morgan fingerprint density at radius 1 is 1.09 bits per heavy atom. The average molecular weight is 445 g/mol. The first-order chi connectivity index (χ1) is 10.9. The van der Waals surface area contributed by atoms with Gasteiger partial charge >= 0.3 is 5.97 Å². The SMILES string of the molecule is CCOC(=O)CN(c1ccc(I)cc1)S(=O)(=O)c1ccccc1. The van der Waals surface area contributed by atoms with Crippen LogP contribution in [-0.4, -0.2) is 27.5 Å². The second-order valence-corrected chi connectivity index (χ2v) is 7.71. The molecule has 0 unspecified atom stereocenters. The molecule has 0 aliphatic heterocycles. The summed E-state index contributed by atoms with van der Waals surface area (Å²) in [7, 11) is -3.85. The van der Waals surface area contributed by atoms with Gasteiger partial charge in [-0.15, -0.1) is 0 Å². The van der Waals surface area contributed by atoms with Crippen LogP contribution in [0, 0.1) is 3.57 Å². The highest BCUT2D eigenvalue weighted by Gasteiger charge is 2.27. The fourth-order valence-electron chi connectivity index (χ4n) is 1.97. The molecule has 5 nitrogen and oxygen atoms in total. The van der Waals surface area contributed by atoms with Crippen molar-refractivity contribution in [1.29, 1.82) is 0 Å². The van der Waals surface area contributed by atoms with E-state index in [9.17, 15) is 13.2 Å². The van der Waals surface area contributed by atoms with Gasteiger partial charge in [-0.05, 0) is 65.9 Å². The maximum Gasteiger partial charge on any atom is 0.326 e. The zero-order chi connectivity index (χ0) is 16.9. The van der Waals surface area contributed by atoms with E-state index in [0.29, 0.717) is 5.69 Å². The Kier molecular flexibility index (Phi) is 6.00. The molecule has 0 atom stereocenters. The third-order valence-electron chi connectivity index (χ3n) is 3.02. The largest absolute Gasteiger partial charge is 0.465 e. The van der Waals surface area contributed by atoms with Gasteiger partial charge in [0, 0.05) is 3.57 Å². The lowest BCUT2D eigenvalue weighted by Gasteiger charge is -2.23. The van der Waals surface area contributed by atoms with Crippen LogP contribution in [0.5, 0.6) is 0 Å². The minimum Gasteiger partial charge on any atom is -0.465 e. The highest BCUT2D eigenvalue weighted by molar-refractivity contribution is 14.1. The van der Waals surface area contributed by atoms with E-state index in [1.807, 2.05) is 0 Å². The van der Waals surface area contributed by atoms with Gasteiger partial charge in [-0.25, -0.2) is 8.42 Å². The van der Waals surface area contributed by atoms with Crippen molar-refractivity contribution in [2.75, 3.05) is 17.5 Å². The second kappa shape index (κ2) is 7.78. The molecule has 0 fully saturated rings. The molecule has 2 aromatic rings. The van der Waals surface area contributed by atoms with E-state index in [0.717, 1.165) is 7.88 Å². The van der Waals surface area contributed by atoms with Gasteiger partial charge in [0.1, 0.15) is 6.54 Å². The molecule has 0 aliphatic rings. The van der Waals surface area contributed by atoms with Crippen LogP contribution in [0.15, 0.2) is 59.5 Å². The third kappa shape index (κ3) is 4.44. The molecule has 23 heavy (non-hydrogen) atoms. The number of hydrogen-bond acceptors (Lipinski definition) is 4. The molecule has 0 aliphatic carbocycles. The Balaban J connectivity index is 2.44. The Morgan fingerprint density at radius 2 is 1.70 bits per heavy atom. The number of sulfonamides is 1. The van der Waals surface area contributed by atoms with Gasteiger partial charge in [0.25, 0.3) is 10.0 Å². The number of benzene rings is 2. The van der Waals surface area contributed by atoms with Crippen molar-refractivity contribution in [2.24, 2.45) is 0 Å². The van der Waals surface area contributed by atoms with E-state index in [4.69, 9.17) is 4.74 Å². The van der Waals surface area contributed by atoms with Crippen LogP contribution in [0.3, 0.4) is 0 Å². The first-order valence-corrected chi connectivity index (χ1v) is 9.46. The summed E-state index contributed by atoms with van der Waals surface area (Å²) in [6.45, 7) is 1.51. The van der Waals surface area contributed by atoms with E-state index >= 15 is 0 Å². The maximum atomic E-state index is 12.9. The lowest BCUT2D eigenvalue weighted by Crippen LogP contribution is -2.36. The maximum absolute atomic E-state index is 12.9. The van der Waals surface area contributed by atoms with Gasteiger partial charge in [-0.2, -0.15) is 0 Å². The highest BCUT2D eigenvalue weighted by Crippen LogP contribution is 2.24. The molecule has 0 N–H and O–H groups in total. The number of carbonyl (C=O) groups is 1. The van der Waals surface area contributed by atoms with Crippen LogP contribution in [0.25, 0.3) is 0 Å². The number of esters is 1. The van der Waals surface area contributed by atoms with Crippen LogP contribution >= 0.6 is 22.6 Å². The smallest absolute Gasteiger partial charge is 0.326 e. The molecule has 2 aromatic carbocycles. The lowest BCUT2D eigenvalue weighted by molar-refractivity contribution is -0.141. The molecular formula is C16H16INO4S. The summed E-state index contributed by atoms with van der Waals surface area (Å²) >= 11 is 2.13. The van der Waals surface area contributed by atoms with Crippen LogP contribution in [0.2, 0.25) is 0 Å². The van der Waals surface area contributed by atoms with Crippen molar-refractivity contribution in [3.8, 4) is 0 Å². The molecule has 0 radical (unpaired) electrons. The molecule has 0 aromatic heterocycles. The first-order valence-electron chi connectivity index (χ1n) is 6.94. The topological polar surface area (TPSA) is 63.7 Å².